The molecule has 0 unspecified atom stereocenters. The number of allylic oxidation sites excluding steroid dienone is 1. The number of hydrogen-bond acceptors (Lipinski definition) is 1. The van der Waals surface area contributed by atoms with Gasteiger partial charge in [-0.1, -0.05) is 49.1 Å². The van der Waals surface area contributed by atoms with Crippen molar-refractivity contribution in [2.24, 2.45) is 5.92 Å². The van der Waals surface area contributed by atoms with Gasteiger partial charge in [0.1, 0.15) is 5.75 Å². The summed E-state index contributed by atoms with van der Waals surface area (Å²) in [5.41, 5.74) is 0. The Labute approximate surface area is 115 Å². The van der Waals surface area contributed by atoms with Crippen molar-refractivity contribution in [3.8, 4) is 5.75 Å². The minimum Gasteiger partial charge on any atom is -0.493 e. The van der Waals surface area contributed by atoms with Crippen LogP contribution < -0.4 is 4.74 Å². The molecular formula is C16H21ClO. The third-order valence-electron chi connectivity index (χ3n) is 3.41. The molecule has 0 heterocycles. The summed E-state index contributed by atoms with van der Waals surface area (Å²) in [5, 5.41) is 0.727. The predicted octanol–water partition coefficient (Wildman–Crippen LogP) is 5.25. The van der Waals surface area contributed by atoms with Crippen LogP contribution in [0.15, 0.2) is 36.4 Å². The van der Waals surface area contributed by atoms with Gasteiger partial charge in [-0.3, -0.25) is 0 Å². The Bertz CT molecular complexity index is 380. The summed E-state index contributed by atoms with van der Waals surface area (Å²) in [5.74, 6) is 1.67. The summed E-state index contributed by atoms with van der Waals surface area (Å²) in [6.07, 6.45) is 12.6. The van der Waals surface area contributed by atoms with Crippen molar-refractivity contribution in [3.63, 3.8) is 0 Å². The second-order valence-corrected chi connectivity index (χ2v) is 5.36. The van der Waals surface area contributed by atoms with Crippen molar-refractivity contribution >= 4 is 11.6 Å². The van der Waals surface area contributed by atoms with E-state index in [-0.39, 0.29) is 0 Å². The molecule has 0 radical (unpaired) electrons. The van der Waals surface area contributed by atoms with Crippen LogP contribution in [0.4, 0.5) is 0 Å². The Kier molecular flexibility index (Phi) is 5.60. The Morgan fingerprint density at radius 1 is 1.22 bits per heavy atom. The SMILES string of the molecule is Clc1cccc(OCC/C=C/C2CCCCC2)c1. The number of halogens is 1. The van der Waals surface area contributed by atoms with Gasteiger partial charge in [0, 0.05) is 5.02 Å². The molecule has 2 rings (SSSR count). The second-order valence-electron chi connectivity index (χ2n) is 4.92. The van der Waals surface area contributed by atoms with Crippen LogP contribution in [0.1, 0.15) is 38.5 Å². The molecule has 98 valence electrons. The Morgan fingerprint density at radius 3 is 2.83 bits per heavy atom. The van der Waals surface area contributed by atoms with Crippen molar-refractivity contribution < 1.29 is 4.74 Å². The fraction of sp³-hybridized carbons (Fsp3) is 0.500. The molecule has 0 aliphatic heterocycles. The highest BCUT2D eigenvalue weighted by atomic mass is 35.5. The van der Waals surface area contributed by atoms with E-state index >= 15 is 0 Å². The molecule has 0 aromatic heterocycles. The minimum absolute atomic E-state index is 0.726. The maximum absolute atomic E-state index is 5.89. The third-order valence-corrected chi connectivity index (χ3v) is 3.64. The highest BCUT2D eigenvalue weighted by Crippen LogP contribution is 2.24. The zero-order valence-electron chi connectivity index (χ0n) is 10.8. The highest BCUT2D eigenvalue weighted by molar-refractivity contribution is 6.30. The van der Waals surface area contributed by atoms with Crippen molar-refractivity contribution in [1.82, 2.24) is 0 Å². The summed E-state index contributed by atoms with van der Waals surface area (Å²) in [4.78, 5) is 0. The summed E-state index contributed by atoms with van der Waals surface area (Å²) >= 11 is 5.89. The van der Waals surface area contributed by atoms with Gasteiger partial charge >= 0.3 is 0 Å². The Morgan fingerprint density at radius 2 is 2.06 bits per heavy atom. The molecule has 0 bridgehead atoms. The molecule has 1 aliphatic rings. The molecule has 0 spiro atoms. The Hall–Kier alpha value is -0.950. The lowest BCUT2D eigenvalue weighted by molar-refractivity contribution is 0.324. The zero-order chi connectivity index (χ0) is 12.6. The number of benzene rings is 1. The monoisotopic (exact) mass is 264 g/mol. The average molecular weight is 265 g/mol. The van der Waals surface area contributed by atoms with Crippen LogP contribution in [-0.4, -0.2) is 6.61 Å². The molecule has 0 saturated heterocycles. The van der Waals surface area contributed by atoms with E-state index < -0.39 is 0 Å². The van der Waals surface area contributed by atoms with E-state index in [1.807, 2.05) is 24.3 Å². The average Bonchev–Trinajstić information content (AvgIpc) is 2.40. The van der Waals surface area contributed by atoms with E-state index in [2.05, 4.69) is 12.2 Å². The zero-order valence-corrected chi connectivity index (χ0v) is 11.5. The van der Waals surface area contributed by atoms with Crippen molar-refractivity contribution in [2.45, 2.75) is 38.5 Å². The first-order chi connectivity index (χ1) is 8.84. The molecule has 1 aromatic rings. The lowest BCUT2D eigenvalue weighted by Crippen LogP contribution is -2.03. The first kappa shape index (κ1) is 13.5. The number of rotatable bonds is 5. The van der Waals surface area contributed by atoms with Gasteiger partial charge in [0.05, 0.1) is 6.61 Å². The summed E-state index contributed by atoms with van der Waals surface area (Å²) in [6, 6.07) is 7.57. The molecule has 0 atom stereocenters. The maximum atomic E-state index is 5.89. The molecule has 18 heavy (non-hydrogen) atoms. The van der Waals surface area contributed by atoms with E-state index in [9.17, 15) is 0 Å². The maximum Gasteiger partial charge on any atom is 0.120 e. The smallest absolute Gasteiger partial charge is 0.120 e. The minimum atomic E-state index is 0.726. The second kappa shape index (κ2) is 7.48. The van der Waals surface area contributed by atoms with Crippen molar-refractivity contribution in [1.29, 1.82) is 0 Å². The standard InChI is InChI=1S/C16H21ClO/c17-15-10-6-11-16(13-15)18-12-5-4-9-14-7-2-1-3-8-14/h4,6,9-11,13-14H,1-3,5,7-8,12H2/b9-4+. The fourth-order valence-corrected chi connectivity index (χ4v) is 2.60. The van der Waals surface area contributed by atoms with Crippen LogP contribution in [0.25, 0.3) is 0 Å². The Balaban J connectivity index is 1.64. The van der Waals surface area contributed by atoms with Crippen LogP contribution in [-0.2, 0) is 0 Å². The van der Waals surface area contributed by atoms with Gasteiger partial charge < -0.3 is 4.74 Å². The molecule has 1 aliphatic carbocycles. The van der Waals surface area contributed by atoms with Gasteiger partial charge in [-0.25, -0.2) is 0 Å². The normalized spacial score (nSPS) is 17.2. The van der Waals surface area contributed by atoms with E-state index in [0.717, 1.165) is 29.7 Å². The summed E-state index contributed by atoms with van der Waals surface area (Å²) < 4.78 is 5.64. The van der Waals surface area contributed by atoms with E-state index in [0.29, 0.717) is 0 Å². The van der Waals surface area contributed by atoms with E-state index in [4.69, 9.17) is 16.3 Å². The molecule has 1 saturated carbocycles. The van der Waals surface area contributed by atoms with Crippen molar-refractivity contribution in [2.75, 3.05) is 6.61 Å². The van der Waals surface area contributed by atoms with Crippen molar-refractivity contribution in [3.05, 3.63) is 41.4 Å². The number of ether oxygens (including phenoxy) is 1. The molecule has 1 fully saturated rings. The van der Waals surface area contributed by atoms with Gasteiger partial charge in [-0.15, -0.1) is 0 Å². The lowest BCUT2D eigenvalue weighted by Gasteiger charge is -2.17. The molecule has 1 aromatic carbocycles. The number of hydrogen-bond donors (Lipinski definition) is 0. The van der Waals surface area contributed by atoms with Gasteiger partial charge in [-0.05, 0) is 43.4 Å². The first-order valence-electron chi connectivity index (χ1n) is 6.89. The van der Waals surface area contributed by atoms with Crippen LogP contribution in [0, 0.1) is 5.92 Å². The van der Waals surface area contributed by atoms with Gasteiger partial charge in [0.15, 0.2) is 0 Å². The fourth-order valence-electron chi connectivity index (χ4n) is 2.42. The molecule has 1 nitrogen and oxygen atoms in total. The quantitative estimate of drug-likeness (QED) is 0.522. The molecular weight excluding hydrogens is 244 g/mol. The lowest BCUT2D eigenvalue weighted by atomic mass is 9.89. The first-order valence-corrected chi connectivity index (χ1v) is 7.27. The topological polar surface area (TPSA) is 9.23 Å². The van der Waals surface area contributed by atoms with Crippen LogP contribution in [0.5, 0.6) is 5.75 Å². The molecule has 0 N–H and O–H groups in total. The van der Waals surface area contributed by atoms with Crippen LogP contribution >= 0.6 is 11.6 Å². The van der Waals surface area contributed by atoms with Gasteiger partial charge in [-0.2, -0.15) is 0 Å². The van der Waals surface area contributed by atoms with Gasteiger partial charge in [0.2, 0.25) is 0 Å². The summed E-state index contributed by atoms with van der Waals surface area (Å²) in [7, 11) is 0. The van der Waals surface area contributed by atoms with Crippen LogP contribution in [0.2, 0.25) is 5.02 Å². The third kappa shape index (κ3) is 4.73. The van der Waals surface area contributed by atoms with E-state index in [1.54, 1.807) is 0 Å². The predicted molar refractivity (Wildman–Crippen MR) is 77.3 cm³/mol. The molecule has 2 heteroatoms. The largest absolute Gasteiger partial charge is 0.493 e. The summed E-state index contributed by atoms with van der Waals surface area (Å²) in [6.45, 7) is 0.726. The van der Waals surface area contributed by atoms with Gasteiger partial charge in [0.25, 0.3) is 0 Å². The van der Waals surface area contributed by atoms with Crippen LogP contribution in [0.3, 0.4) is 0 Å². The van der Waals surface area contributed by atoms with E-state index in [1.165, 1.54) is 32.1 Å². The molecule has 0 amide bonds. The highest BCUT2D eigenvalue weighted by Gasteiger charge is 2.09.